The van der Waals surface area contributed by atoms with Gasteiger partial charge in [-0.3, -0.25) is 4.68 Å². The van der Waals surface area contributed by atoms with Crippen LogP contribution >= 0.6 is 34.8 Å². The van der Waals surface area contributed by atoms with Crippen molar-refractivity contribution < 1.29 is 0 Å². The highest BCUT2D eigenvalue weighted by atomic mass is 35.5. The molecule has 0 aliphatic rings. The van der Waals surface area contributed by atoms with E-state index in [1.807, 2.05) is 29.9 Å². The molecule has 0 bridgehead atoms. The van der Waals surface area contributed by atoms with Gasteiger partial charge >= 0.3 is 0 Å². The van der Waals surface area contributed by atoms with Crippen LogP contribution in [0.2, 0.25) is 15.1 Å². The van der Waals surface area contributed by atoms with E-state index in [-0.39, 0.29) is 0 Å². The predicted octanol–water partition coefficient (Wildman–Crippen LogP) is 5.15. The van der Waals surface area contributed by atoms with Crippen molar-refractivity contribution in [3.8, 4) is 0 Å². The van der Waals surface area contributed by atoms with Crippen molar-refractivity contribution >= 4 is 51.4 Å². The van der Waals surface area contributed by atoms with E-state index in [0.717, 1.165) is 22.3 Å². The number of nitrogens with zero attached hydrogens (tertiary/aromatic N) is 2. The number of para-hydroxylation sites is 1. The van der Waals surface area contributed by atoms with Crippen molar-refractivity contribution in [2.45, 2.75) is 6.54 Å². The first-order chi connectivity index (χ1) is 10.1. The average molecular weight is 341 g/mol. The molecule has 0 saturated heterocycles. The maximum Gasteiger partial charge on any atom is 0.0894 e. The predicted molar refractivity (Wildman–Crippen MR) is 89.5 cm³/mol. The molecule has 0 saturated carbocycles. The van der Waals surface area contributed by atoms with E-state index >= 15 is 0 Å². The number of hydrogen-bond acceptors (Lipinski definition) is 2. The largest absolute Gasteiger partial charge is 0.378 e. The monoisotopic (exact) mass is 339 g/mol. The molecule has 0 fully saturated rings. The summed E-state index contributed by atoms with van der Waals surface area (Å²) >= 11 is 18.1. The lowest BCUT2D eigenvalue weighted by Gasteiger charge is -2.08. The number of nitrogens with one attached hydrogen (secondary N) is 1. The number of anilines is 1. The van der Waals surface area contributed by atoms with E-state index in [2.05, 4.69) is 16.5 Å². The van der Waals surface area contributed by atoms with Gasteiger partial charge in [0, 0.05) is 12.4 Å². The average Bonchev–Trinajstić information content (AvgIpc) is 2.79. The molecule has 0 aliphatic carbocycles. The molecule has 6 heteroatoms. The molecule has 0 atom stereocenters. The van der Waals surface area contributed by atoms with Crippen molar-refractivity contribution in [2.75, 3.05) is 5.32 Å². The van der Waals surface area contributed by atoms with E-state index in [0.29, 0.717) is 21.6 Å². The van der Waals surface area contributed by atoms with Gasteiger partial charge < -0.3 is 5.32 Å². The Bertz CT molecular complexity index is 811. The summed E-state index contributed by atoms with van der Waals surface area (Å²) in [4.78, 5) is 0. The van der Waals surface area contributed by atoms with E-state index in [9.17, 15) is 0 Å². The van der Waals surface area contributed by atoms with Crippen LogP contribution in [0.15, 0.2) is 36.4 Å². The highest BCUT2D eigenvalue weighted by Gasteiger charge is 2.10. The zero-order valence-electron chi connectivity index (χ0n) is 11.2. The first kappa shape index (κ1) is 14.5. The van der Waals surface area contributed by atoms with Crippen molar-refractivity contribution in [1.29, 1.82) is 0 Å². The molecule has 3 rings (SSSR count). The third kappa shape index (κ3) is 2.82. The maximum atomic E-state index is 6.16. The second-order valence-corrected chi connectivity index (χ2v) is 5.91. The topological polar surface area (TPSA) is 29.9 Å². The number of hydrogen-bond donors (Lipinski definition) is 1. The molecular formula is C15H12Cl3N3. The lowest BCUT2D eigenvalue weighted by atomic mass is 10.2. The Labute approximate surface area is 137 Å². The Morgan fingerprint density at radius 2 is 1.76 bits per heavy atom. The van der Waals surface area contributed by atoms with E-state index < -0.39 is 0 Å². The molecule has 2 aromatic carbocycles. The molecule has 0 aliphatic heterocycles. The Balaban J connectivity index is 1.89. The van der Waals surface area contributed by atoms with Crippen LogP contribution in [0.3, 0.4) is 0 Å². The highest BCUT2D eigenvalue weighted by Crippen LogP contribution is 2.32. The Morgan fingerprint density at radius 3 is 2.57 bits per heavy atom. The minimum atomic E-state index is 0.440. The molecule has 0 unspecified atom stereocenters. The quantitative estimate of drug-likeness (QED) is 0.669. The summed E-state index contributed by atoms with van der Waals surface area (Å²) in [6.45, 7) is 0.555. The summed E-state index contributed by atoms with van der Waals surface area (Å²) in [5.74, 6) is 0. The van der Waals surface area contributed by atoms with E-state index in [1.165, 1.54) is 0 Å². The Kier molecular flexibility index (Phi) is 3.98. The molecule has 3 nitrogen and oxygen atoms in total. The zero-order chi connectivity index (χ0) is 15.0. The van der Waals surface area contributed by atoms with Gasteiger partial charge in [-0.15, -0.1) is 0 Å². The van der Waals surface area contributed by atoms with Gasteiger partial charge in [-0.1, -0.05) is 53.0 Å². The molecular weight excluding hydrogens is 329 g/mol. The van der Waals surface area contributed by atoms with Crippen LogP contribution in [0.25, 0.3) is 10.9 Å². The van der Waals surface area contributed by atoms with Gasteiger partial charge in [0.15, 0.2) is 0 Å². The molecule has 1 N–H and O–H groups in total. The molecule has 108 valence electrons. The molecule has 0 spiro atoms. The zero-order valence-corrected chi connectivity index (χ0v) is 13.5. The van der Waals surface area contributed by atoms with Crippen LogP contribution < -0.4 is 5.32 Å². The summed E-state index contributed by atoms with van der Waals surface area (Å²) in [5.41, 5.74) is 2.78. The van der Waals surface area contributed by atoms with Gasteiger partial charge in [0.25, 0.3) is 0 Å². The van der Waals surface area contributed by atoms with Gasteiger partial charge in [0.05, 0.1) is 38.5 Å². The summed E-state index contributed by atoms with van der Waals surface area (Å²) in [7, 11) is 1.93. The second-order valence-electron chi connectivity index (χ2n) is 4.69. The number of aryl methyl sites for hydroxylation is 1. The van der Waals surface area contributed by atoms with Crippen molar-refractivity contribution in [2.24, 2.45) is 7.05 Å². The smallest absolute Gasteiger partial charge is 0.0894 e. The number of rotatable bonds is 3. The fourth-order valence-corrected chi connectivity index (χ4v) is 2.87. The van der Waals surface area contributed by atoms with Gasteiger partial charge in [-0.25, -0.2) is 0 Å². The Hall–Kier alpha value is -1.42. The third-order valence-electron chi connectivity index (χ3n) is 3.29. The molecule has 1 heterocycles. The molecule has 1 aromatic heterocycles. The van der Waals surface area contributed by atoms with Crippen molar-refractivity contribution in [3.05, 3.63) is 57.2 Å². The lowest BCUT2D eigenvalue weighted by Crippen LogP contribution is -2.02. The van der Waals surface area contributed by atoms with Gasteiger partial charge in [-0.2, -0.15) is 5.10 Å². The van der Waals surface area contributed by atoms with Crippen LogP contribution in [0.5, 0.6) is 0 Å². The normalized spacial score (nSPS) is 11.0. The van der Waals surface area contributed by atoms with Crippen LogP contribution in [-0.2, 0) is 13.6 Å². The number of fused-ring (bicyclic) bond motifs is 1. The van der Waals surface area contributed by atoms with E-state index in [1.54, 1.807) is 12.1 Å². The second kappa shape index (κ2) is 5.76. The first-order valence-electron chi connectivity index (χ1n) is 6.35. The molecule has 21 heavy (non-hydrogen) atoms. The minimum absolute atomic E-state index is 0.440. The first-order valence-corrected chi connectivity index (χ1v) is 7.48. The molecule has 3 aromatic rings. The van der Waals surface area contributed by atoms with Crippen LogP contribution in [0.4, 0.5) is 5.69 Å². The lowest BCUT2D eigenvalue weighted by molar-refractivity contribution is 0.771. The fourth-order valence-electron chi connectivity index (χ4n) is 2.26. The van der Waals surface area contributed by atoms with Gasteiger partial charge in [0.1, 0.15) is 0 Å². The van der Waals surface area contributed by atoms with Crippen LogP contribution in [-0.4, -0.2) is 9.78 Å². The molecule has 0 radical (unpaired) electrons. The van der Waals surface area contributed by atoms with Crippen molar-refractivity contribution in [1.82, 2.24) is 9.78 Å². The number of benzene rings is 2. The standard InChI is InChI=1S/C15H12Cl3N3/c1-21-15-5-3-2-4-9(15)14(20-21)8-19-13-7-11(17)10(16)6-12(13)18/h2-7,19H,8H2,1H3. The summed E-state index contributed by atoms with van der Waals surface area (Å²) < 4.78 is 1.86. The SMILES string of the molecule is Cn1nc(CNc2cc(Cl)c(Cl)cc2Cl)c2ccccc21. The van der Waals surface area contributed by atoms with Gasteiger partial charge in [0.2, 0.25) is 0 Å². The molecule has 0 amide bonds. The van der Waals surface area contributed by atoms with E-state index in [4.69, 9.17) is 34.8 Å². The van der Waals surface area contributed by atoms with Gasteiger partial charge in [-0.05, 0) is 18.2 Å². The summed E-state index contributed by atoms with van der Waals surface area (Å²) in [6, 6.07) is 11.4. The number of halogens is 3. The van der Waals surface area contributed by atoms with Crippen molar-refractivity contribution in [3.63, 3.8) is 0 Å². The Morgan fingerprint density at radius 1 is 1.05 bits per heavy atom. The fraction of sp³-hybridized carbons (Fsp3) is 0.133. The van der Waals surface area contributed by atoms with Crippen LogP contribution in [0, 0.1) is 0 Å². The maximum absolute atomic E-state index is 6.16. The van der Waals surface area contributed by atoms with Crippen LogP contribution in [0.1, 0.15) is 5.69 Å². The number of aromatic nitrogens is 2. The minimum Gasteiger partial charge on any atom is -0.378 e. The summed E-state index contributed by atoms with van der Waals surface area (Å²) in [6.07, 6.45) is 0. The third-order valence-corrected chi connectivity index (χ3v) is 4.33. The summed E-state index contributed by atoms with van der Waals surface area (Å²) in [5, 5.41) is 10.3. The highest BCUT2D eigenvalue weighted by molar-refractivity contribution is 6.44.